The zero-order chi connectivity index (χ0) is 41.6. The molecule has 0 spiro atoms. The van der Waals surface area contributed by atoms with E-state index in [-0.39, 0.29) is 49.0 Å². The van der Waals surface area contributed by atoms with Crippen LogP contribution in [0.25, 0.3) is 10.8 Å². The summed E-state index contributed by atoms with van der Waals surface area (Å²) in [4.78, 5) is 68.4. The highest BCUT2D eigenvalue weighted by Gasteiger charge is 2.36. The number of amides is 4. The number of nitrogens with zero attached hydrogens (tertiary/aromatic N) is 3. The van der Waals surface area contributed by atoms with E-state index in [1.54, 1.807) is 43.7 Å². The molecule has 1 fully saturated rings. The number of rotatable bonds is 20. The lowest BCUT2D eigenvalue weighted by molar-refractivity contribution is -0.133. The van der Waals surface area contributed by atoms with Gasteiger partial charge in [0, 0.05) is 42.9 Å². The largest absolute Gasteiger partial charge is 0.483 e. The fourth-order valence-electron chi connectivity index (χ4n) is 7.83. The van der Waals surface area contributed by atoms with Gasteiger partial charge < -0.3 is 30.8 Å². The van der Waals surface area contributed by atoms with Crippen molar-refractivity contribution in [2.24, 2.45) is 23.7 Å². The molecule has 2 aromatic heterocycles. The van der Waals surface area contributed by atoms with Gasteiger partial charge in [-0.15, -0.1) is 0 Å². The lowest BCUT2D eigenvalue weighted by atomic mass is 9.81. The molecule has 5 rings (SSSR count). The van der Waals surface area contributed by atoms with Crippen LogP contribution in [0.3, 0.4) is 0 Å². The molecule has 2 aromatic carbocycles. The molecule has 1 aliphatic rings. The van der Waals surface area contributed by atoms with Crippen molar-refractivity contribution < 1.29 is 29.0 Å². The number of hydrogen-bond acceptors (Lipinski definition) is 8. The molecular formula is C45H61N7O6. The maximum atomic E-state index is 14.2. The van der Waals surface area contributed by atoms with Crippen molar-refractivity contribution in [3.05, 3.63) is 85.1 Å². The van der Waals surface area contributed by atoms with E-state index in [1.165, 1.54) is 11.2 Å². The van der Waals surface area contributed by atoms with Crippen LogP contribution in [0.15, 0.2) is 79.4 Å². The average molecular weight is 796 g/mol. The van der Waals surface area contributed by atoms with Crippen LogP contribution in [-0.2, 0) is 25.6 Å². The number of likely N-dealkylation sites (N-methyl/N-ethyl adjacent to an activating group) is 1. The van der Waals surface area contributed by atoms with Crippen molar-refractivity contribution in [3.8, 4) is 5.75 Å². The van der Waals surface area contributed by atoms with Crippen LogP contribution in [0.4, 0.5) is 5.82 Å². The monoisotopic (exact) mass is 795 g/mol. The topological polar surface area (TPSA) is 179 Å². The quantitative estimate of drug-likeness (QED) is 0.0752. The van der Waals surface area contributed by atoms with E-state index in [4.69, 9.17) is 4.74 Å². The number of benzene rings is 2. The first-order valence-electron chi connectivity index (χ1n) is 20.8. The maximum Gasteiger partial charge on any atom is 0.258 e. The van der Waals surface area contributed by atoms with Gasteiger partial charge in [0.15, 0.2) is 6.61 Å². The van der Waals surface area contributed by atoms with Crippen molar-refractivity contribution in [1.29, 1.82) is 0 Å². The van der Waals surface area contributed by atoms with E-state index in [0.717, 1.165) is 42.9 Å². The van der Waals surface area contributed by atoms with Gasteiger partial charge in [-0.1, -0.05) is 109 Å². The number of pyridine rings is 1. The minimum atomic E-state index is -1.09. The standard InChI is InChI=1S/C45H61N7O6/c1-6-30(4)42(45(57)52(5)40-21-12-13-22-47-40)51-43(55)35(29(2)3)25-38(53)36(23-31-15-8-7-9-16-31)50-44(56)37(24-33-26-46-28-48-33)49-41(54)27-58-39-20-14-18-32-17-10-11-19-34(32)39/h10-14,17-22,26,28-31,35-38,42,53H,6-9,15-16,23-25,27H2,1-5H3,(H,46,48)(H,49,54)(H,50,56)(H,51,55)/t30-,35-,36-,37-,38-,42-/m0/s1. The van der Waals surface area contributed by atoms with Gasteiger partial charge in [0.2, 0.25) is 11.8 Å². The lowest BCUT2D eigenvalue weighted by Gasteiger charge is -2.34. The third-order valence-electron chi connectivity index (χ3n) is 11.6. The number of H-pyrrole nitrogens is 1. The van der Waals surface area contributed by atoms with Crippen LogP contribution in [0, 0.1) is 23.7 Å². The molecule has 6 atom stereocenters. The maximum absolute atomic E-state index is 14.2. The number of aromatic amines is 1. The predicted molar refractivity (Wildman–Crippen MR) is 225 cm³/mol. The third-order valence-corrected chi connectivity index (χ3v) is 11.6. The predicted octanol–water partition coefficient (Wildman–Crippen LogP) is 5.74. The fourth-order valence-corrected chi connectivity index (χ4v) is 7.83. The molecule has 1 saturated carbocycles. The van der Waals surface area contributed by atoms with Crippen LogP contribution < -0.4 is 25.6 Å². The number of imidazole rings is 1. The number of carbonyl (C=O) groups excluding carboxylic acids is 4. The van der Waals surface area contributed by atoms with Gasteiger partial charge >= 0.3 is 0 Å². The van der Waals surface area contributed by atoms with Crippen LogP contribution in [-0.4, -0.2) is 81.6 Å². The first-order chi connectivity index (χ1) is 27.9. The number of hydrogen-bond donors (Lipinski definition) is 5. The first kappa shape index (κ1) is 43.8. The van der Waals surface area contributed by atoms with Gasteiger partial charge in [0.25, 0.3) is 11.8 Å². The summed E-state index contributed by atoms with van der Waals surface area (Å²) in [5, 5.41) is 22.9. The van der Waals surface area contributed by atoms with Gasteiger partial charge in [0.05, 0.1) is 18.5 Å². The molecule has 4 amide bonds. The number of anilines is 1. The molecule has 1 aliphatic carbocycles. The second kappa shape index (κ2) is 21.5. The number of aromatic nitrogens is 3. The van der Waals surface area contributed by atoms with Crippen LogP contribution >= 0.6 is 0 Å². The molecule has 0 aliphatic heterocycles. The van der Waals surface area contributed by atoms with E-state index in [9.17, 15) is 24.3 Å². The minimum Gasteiger partial charge on any atom is -0.483 e. The first-order valence-corrected chi connectivity index (χ1v) is 20.8. The Morgan fingerprint density at radius 2 is 1.67 bits per heavy atom. The minimum absolute atomic E-state index is 0.0646. The van der Waals surface area contributed by atoms with Crippen molar-refractivity contribution in [1.82, 2.24) is 30.9 Å². The number of ether oxygens (including phenoxy) is 1. The molecule has 0 unspecified atom stereocenters. The van der Waals surface area contributed by atoms with E-state index < -0.39 is 42.0 Å². The zero-order valence-corrected chi connectivity index (χ0v) is 34.5. The van der Waals surface area contributed by atoms with Crippen LogP contribution in [0.5, 0.6) is 5.75 Å². The Labute approximate surface area is 342 Å². The van der Waals surface area contributed by atoms with Gasteiger partial charge in [-0.3, -0.25) is 24.1 Å². The molecule has 0 bridgehead atoms. The summed E-state index contributed by atoms with van der Waals surface area (Å²) in [5.41, 5.74) is 0.649. The van der Waals surface area contributed by atoms with Crippen molar-refractivity contribution >= 4 is 40.2 Å². The van der Waals surface area contributed by atoms with Crippen LogP contribution in [0.1, 0.15) is 84.8 Å². The number of aliphatic hydroxyl groups excluding tert-OH is 1. The van der Waals surface area contributed by atoms with E-state index in [0.29, 0.717) is 30.1 Å². The molecule has 5 N–H and O–H groups in total. The van der Waals surface area contributed by atoms with Crippen molar-refractivity contribution in [2.45, 2.75) is 110 Å². The SMILES string of the molecule is CC[C@H](C)[C@H](NC(=O)[C@@H](C[C@H](O)[C@H](CC1CCCCC1)NC(=O)[C@H](Cc1cnc[nH]1)NC(=O)COc1cccc2ccccc12)C(C)C)C(=O)N(C)c1ccccn1. The molecule has 13 heteroatoms. The Morgan fingerprint density at radius 3 is 2.36 bits per heavy atom. The highest BCUT2D eigenvalue weighted by molar-refractivity contribution is 5.98. The van der Waals surface area contributed by atoms with E-state index >= 15 is 0 Å². The second-order valence-electron chi connectivity index (χ2n) is 16.1. The van der Waals surface area contributed by atoms with Crippen molar-refractivity contribution in [3.63, 3.8) is 0 Å². The Hall–Kier alpha value is -5.30. The normalized spacial score (nSPS) is 16.4. The average Bonchev–Trinajstić information content (AvgIpc) is 3.76. The summed E-state index contributed by atoms with van der Waals surface area (Å²) in [7, 11) is 1.65. The van der Waals surface area contributed by atoms with E-state index in [2.05, 4.69) is 30.9 Å². The van der Waals surface area contributed by atoms with Gasteiger partial charge in [-0.25, -0.2) is 9.97 Å². The third kappa shape index (κ3) is 12.1. The van der Waals surface area contributed by atoms with Crippen molar-refractivity contribution in [2.75, 3.05) is 18.6 Å². The Balaban J connectivity index is 1.31. The number of nitrogens with one attached hydrogen (secondary N) is 4. The lowest BCUT2D eigenvalue weighted by Crippen LogP contribution is -2.55. The Morgan fingerprint density at radius 1 is 0.931 bits per heavy atom. The summed E-state index contributed by atoms with van der Waals surface area (Å²) < 4.78 is 5.94. The summed E-state index contributed by atoms with van der Waals surface area (Å²) >= 11 is 0. The molecule has 0 radical (unpaired) electrons. The zero-order valence-electron chi connectivity index (χ0n) is 34.5. The molecule has 2 heterocycles. The molecule has 13 nitrogen and oxygen atoms in total. The summed E-state index contributed by atoms with van der Waals surface area (Å²) in [6, 6.07) is 16.2. The number of fused-ring (bicyclic) bond motifs is 1. The summed E-state index contributed by atoms with van der Waals surface area (Å²) in [6.45, 7) is 7.43. The molecule has 0 saturated heterocycles. The summed E-state index contributed by atoms with van der Waals surface area (Å²) in [5.74, 6) is -1.24. The summed E-state index contributed by atoms with van der Waals surface area (Å²) in [6.07, 6.45) is 10.3. The molecule has 4 aromatic rings. The highest BCUT2D eigenvalue weighted by atomic mass is 16.5. The molecule has 312 valence electrons. The number of aliphatic hydroxyl groups is 1. The van der Waals surface area contributed by atoms with E-state index in [1.807, 2.05) is 64.1 Å². The van der Waals surface area contributed by atoms with Gasteiger partial charge in [0.1, 0.15) is 23.7 Å². The Kier molecular flexibility index (Phi) is 16.2. The fraction of sp³-hybridized carbons (Fsp3) is 0.511. The second-order valence-corrected chi connectivity index (χ2v) is 16.1. The molecular weight excluding hydrogens is 735 g/mol. The van der Waals surface area contributed by atoms with Crippen LogP contribution in [0.2, 0.25) is 0 Å². The smallest absolute Gasteiger partial charge is 0.258 e. The Bertz CT molecular complexity index is 1910. The highest BCUT2D eigenvalue weighted by Crippen LogP contribution is 2.30. The molecule has 58 heavy (non-hydrogen) atoms. The van der Waals surface area contributed by atoms with Gasteiger partial charge in [-0.2, -0.15) is 0 Å². The van der Waals surface area contributed by atoms with Gasteiger partial charge in [-0.05, 0) is 54.2 Å². The number of carbonyl (C=O) groups is 4.